The fraction of sp³-hybridized carbons (Fsp3) is 0.933. The maximum atomic E-state index is 12.3. The van der Waals surface area contributed by atoms with Gasteiger partial charge in [0, 0.05) is 38.2 Å². The zero-order valence-corrected chi connectivity index (χ0v) is 13.0. The number of carbonyl (C=O) groups is 1. The van der Waals surface area contributed by atoms with Crippen molar-refractivity contribution >= 4 is 6.03 Å². The van der Waals surface area contributed by atoms with Gasteiger partial charge in [0.2, 0.25) is 0 Å². The molecule has 0 unspecified atom stereocenters. The fourth-order valence-corrected chi connectivity index (χ4v) is 3.79. The number of piperidine rings is 1. The predicted octanol–water partition coefficient (Wildman–Crippen LogP) is 1.24. The Hall–Kier alpha value is -0.810. The van der Waals surface area contributed by atoms with Crippen LogP contribution in [-0.2, 0) is 4.74 Å². The van der Waals surface area contributed by atoms with Gasteiger partial charge >= 0.3 is 6.03 Å². The topological polar surface area (TPSA) is 36.0 Å². The Morgan fingerprint density at radius 1 is 1.20 bits per heavy atom. The van der Waals surface area contributed by atoms with E-state index in [1.165, 1.54) is 19.4 Å². The molecule has 1 spiro atoms. The van der Waals surface area contributed by atoms with E-state index in [-0.39, 0.29) is 12.1 Å². The molecule has 0 saturated carbocycles. The number of amides is 2. The van der Waals surface area contributed by atoms with Gasteiger partial charge in [-0.3, -0.25) is 0 Å². The van der Waals surface area contributed by atoms with E-state index in [2.05, 4.69) is 18.7 Å². The largest absolute Gasteiger partial charge is 0.378 e. The molecule has 0 aliphatic carbocycles. The van der Waals surface area contributed by atoms with Crippen molar-refractivity contribution in [1.82, 2.24) is 14.7 Å². The summed E-state index contributed by atoms with van der Waals surface area (Å²) in [5.74, 6) is 0. The monoisotopic (exact) mass is 281 g/mol. The number of likely N-dealkylation sites (tertiary alicyclic amines) is 3. The third kappa shape index (κ3) is 2.42. The van der Waals surface area contributed by atoms with E-state index < -0.39 is 0 Å². The van der Waals surface area contributed by atoms with E-state index in [1.807, 2.05) is 9.80 Å². The van der Waals surface area contributed by atoms with Crippen molar-refractivity contribution in [2.24, 2.45) is 5.41 Å². The smallest absolute Gasteiger partial charge is 0.320 e. The van der Waals surface area contributed by atoms with Gasteiger partial charge in [-0.05, 0) is 33.2 Å². The third-order valence-corrected chi connectivity index (χ3v) is 5.20. The zero-order chi connectivity index (χ0) is 14.3. The normalized spacial score (nSPS) is 26.8. The summed E-state index contributed by atoms with van der Waals surface area (Å²) in [4.78, 5) is 18.8. The number of nitrogens with zero attached hydrogens (tertiary/aromatic N) is 3. The Morgan fingerprint density at radius 2 is 1.90 bits per heavy atom. The first-order valence-corrected chi connectivity index (χ1v) is 7.84. The highest BCUT2D eigenvalue weighted by Crippen LogP contribution is 2.40. The average molecular weight is 281 g/mol. The Morgan fingerprint density at radius 3 is 2.50 bits per heavy atom. The second-order valence-corrected chi connectivity index (χ2v) is 7.07. The molecule has 3 aliphatic rings. The van der Waals surface area contributed by atoms with Gasteiger partial charge in [-0.1, -0.05) is 0 Å². The van der Waals surface area contributed by atoms with Gasteiger partial charge in [0.15, 0.2) is 0 Å². The third-order valence-electron chi connectivity index (χ3n) is 5.20. The van der Waals surface area contributed by atoms with Gasteiger partial charge < -0.3 is 19.4 Å². The minimum atomic E-state index is 0.214. The molecule has 3 heterocycles. The fourth-order valence-electron chi connectivity index (χ4n) is 3.79. The van der Waals surface area contributed by atoms with Crippen LogP contribution in [0.4, 0.5) is 4.79 Å². The number of hydrogen-bond acceptors (Lipinski definition) is 3. The molecule has 3 rings (SSSR count). The lowest BCUT2D eigenvalue weighted by Gasteiger charge is -2.56. The molecule has 2 amide bonds. The molecule has 0 radical (unpaired) electrons. The SMILES string of the molecule is COC1CN(C(=O)N2CC3(CCCN(C(C)C)C3)C2)C1. The summed E-state index contributed by atoms with van der Waals surface area (Å²) in [7, 11) is 1.72. The molecule has 114 valence electrons. The second-order valence-electron chi connectivity index (χ2n) is 7.07. The van der Waals surface area contributed by atoms with Crippen LogP contribution < -0.4 is 0 Å². The van der Waals surface area contributed by atoms with Crippen molar-refractivity contribution in [1.29, 1.82) is 0 Å². The molecular weight excluding hydrogens is 254 g/mol. The average Bonchev–Trinajstić information content (AvgIpc) is 2.34. The van der Waals surface area contributed by atoms with Crippen molar-refractivity contribution in [3.8, 4) is 0 Å². The van der Waals surface area contributed by atoms with Crippen molar-refractivity contribution in [3.63, 3.8) is 0 Å². The molecule has 0 aromatic carbocycles. The first-order chi connectivity index (χ1) is 9.53. The quantitative estimate of drug-likeness (QED) is 0.764. The summed E-state index contributed by atoms with van der Waals surface area (Å²) in [5, 5.41) is 0. The number of ether oxygens (including phenoxy) is 1. The number of carbonyl (C=O) groups excluding carboxylic acids is 1. The summed E-state index contributed by atoms with van der Waals surface area (Å²) in [6, 6.07) is 0.834. The second kappa shape index (κ2) is 5.19. The highest BCUT2D eigenvalue weighted by molar-refractivity contribution is 5.76. The molecule has 3 aliphatic heterocycles. The van der Waals surface area contributed by atoms with Gasteiger partial charge in [-0.2, -0.15) is 0 Å². The maximum Gasteiger partial charge on any atom is 0.320 e. The maximum absolute atomic E-state index is 12.3. The standard InChI is InChI=1S/C15H27N3O2/c1-12(2)16-6-4-5-15(9-16)10-18(11-15)14(19)17-7-13(8-17)20-3/h12-13H,4-11H2,1-3H3. The number of urea groups is 1. The molecule has 0 aromatic rings. The number of methoxy groups -OCH3 is 1. The molecule has 0 N–H and O–H groups in total. The summed E-state index contributed by atoms with van der Waals surface area (Å²) < 4.78 is 5.23. The molecule has 3 fully saturated rings. The van der Waals surface area contributed by atoms with E-state index in [0.29, 0.717) is 11.5 Å². The van der Waals surface area contributed by atoms with Gasteiger partial charge in [-0.25, -0.2) is 4.79 Å². The van der Waals surface area contributed by atoms with Crippen LogP contribution in [0.1, 0.15) is 26.7 Å². The van der Waals surface area contributed by atoms with Gasteiger partial charge in [0.1, 0.15) is 0 Å². The predicted molar refractivity (Wildman–Crippen MR) is 77.7 cm³/mol. The van der Waals surface area contributed by atoms with E-state index in [1.54, 1.807) is 7.11 Å². The molecule has 20 heavy (non-hydrogen) atoms. The Labute approximate surface area is 121 Å². The summed E-state index contributed by atoms with van der Waals surface area (Å²) >= 11 is 0. The van der Waals surface area contributed by atoms with Crippen molar-refractivity contribution in [2.45, 2.75) is 38.8 Å². The van der Waals surface area contributed by atoms with Crippen LogP contribution in [0, 0.1) is 5.41 Å². The van der Waals surface area contributed by atoms with Crippen LogP contribution in [0.3, 0.4) is 0 Å². The first-order valence-electron chi connectivity index (χ1n) is 7.84. The highest BCUT2D eigenvalue weighted by atomic mass is 16.5. The van der Waals surface area contributed by atoms with Crippen LogP contribution in [0.25, 0.3) is 0 Å². The van der Waals surface area contributed by atoms with E-state index >= 15 is 0 Å². The molecular formula is C15H27N3O2. The zero-order valence-electron chi connectivity index (χ0n) is 13.0. The summed E-state index contributed by atoms with van der Waals surface area (Å²) in [6.45, 7) is 10.3. The lowest BCUT2D eigenvalue weighted by atomic mass is 9.73. The number of hydrogen-bond donors (Lipinski definition) is 0. The molecule has 0 atom stereocenters. The molecule has 0 aromatic heterocycles. The van der Waals surface area contributed by atoms with E-state index in [9.17, 15) is 4.79 Å². The highest BCUT2D eigenvalue weighted by Gasteiger charge is 2.49. The van der Waals surface area contributed by atoms with E-state index in [4.69, 9.17) is 4.74 Å². The Balaban J connectivity index is 1.49. The van der Waals surface area contributed by atoms with E-state index in [0.717, 1.165) is 32.7 Å². The van der Waals surface area contributed by atoms with Crippen LogP contribution >= 0.6 is 0 Å². The minimum absolute atomic E-state index is 0.214. The molecule has 3 saturated heterocycles. The molecule has 5 nitrogen and oxygen atoms in total. The Bertz CT molecular complexity index is 373. The van der Waals surface area contributed by atoms with Crippen molar-refractivity contribution < 1.29 is 9.53 Å². The lowest BCUT2D eigenvalue weighted by Crippen LogP contribution is -2.69. The molecule has 5 heteroatoms. The van der Waals surface area contributed by atoms with Crippen LogP contribution in [0.15, 0.2) is 0 Å². The van der Waals surface area contributed by atoms with Crippen molar-refractivity contribution in [2.75, 3.05) is 46.4 Å². The summed E-state index contributed by atoms with van der Waals surface area (Å²) in [6.07, 6.45) is 2.80. The van der Waals surface area contributed by atoms with Gasteiger partial charge in [0.05, 0.1) is 19.2 Å². The van der Waals surface area contributed by atoms with Crippen molar-refractivity contribution in [3.05, 3.63) is 0 Å². The Kier molecular flexibility index (Phi) is 3.67. The summed E-state index contributed by atoms with van der Waals surface area (Å²) in [5.41, 5.74) is 0.379. The number of rotatable bonds is 2. The first kappa shape index (κ1) is 14.1. The van der Waals surface area contributed by atoms with Crippen LogP contribution in [0.2, 0.25) is 0 Å². The molecule has 0 bridgehead atoms. The van der Waals surface area contributed by atoms with Crippen LogP contribution in [-0.4, -0.2) is 79.3 Å². The minimum Gasteiger partial charge on any atom is -0.378 e. The van der Waals surface area contributed by atoms with Crippen LogP contribution in [0.5, 0.6) is 0 Å². The van der Waals surface area contributed by atoms with Gasteiger partial charge in [0.25, 0.3) is 0 Å². The lowest BCUT2D eigenvalue weighted by molar-refractivity contribution is -0.0641. The van der Waals surface area contributed by atoms with Gasteiger partial charge in [-0.15, -0.1) is 0 Å².